The first-order valence-electron chi connectivity index (χ1n) is 10.9. The van der Waals surface area contributed by atoms with Gasteiger partial charge >= 0.3 is 0 Å². The Morgan fingerprint density at radius 2 is 1.71 bits per heavy atom. The summed E-state index contributed by atoms with van der Waals surface area (Å²) >= 11 is 0. The van der Waals surface area contributed by atoms with Crippen LogP contribution in [0.4, 0.5) is 11.5 Å². The molecule has 1 saturated heterocycles. The Morgan fingerprint density at radius 3 is 2.39 bits per heavy atom. The maximum atomic E-state index is 6.21. The molecular formula is C25H31N5O. The van der Waals surface area contributed by atoms with Crippen LogP contribution in [0.3, 0.4) is 0 Å². The zero-order valence-corrected chi connectivity index (χ0v) is 18.6. The fourth-order valence-electron chi connectivity index (χ4n) is 4.23. The number of aromatic nitrogens is 2. The number of piperidine rings is 1. The molecule has 0 aliphatic carbocycles. The number of nitrogens with one attached hydrogen (secondary N) is 1. The van der Waals surface area contributed by atoms with Crippen molar-refractivity contribution in [3.05, 3.63) is 71.0 Å². The van der Waals surface area contributed by atoms with E-state index in [9.17, 15) is 0 Å². The molecule has 1 aliphatic rings. The lowest BCUT2D eigenvalue weighted by Gasteiger charge is -2.32. The van der Waals surface area contributed by atoms with Gasteiger partial charge in [-0.25, -0.2) is 0 Å². The molecular weight excluding hydrogens is 386 g/mol. The topological polar surface area (TPSA) is 76.3 Å². The van der Waals surface area contributed by atoms with E-state index >= 15 is 0 Å². The number of hydrogen-bond donors (Lipinski definition) is 2. The van der Waals surface area contributed by atoms with Gasteiger partial charge in [0, 0.05) is 44.1 Å². The quantitative estimate of drug-likeness (QED) is 0.597. The summed E-state index contributed by atoms with van der Waals surface area (Å²) in [5.41, 5.74) is 11.6. The van der Waals surface area contributed by atoms with Crippen molar-refractivity contribution in [3.63, 3.8) is 0 Å². The Kier molecular flexibility index (Phi) is 6.37. The van der Waals surface area contributed by atoms with Crippen molar-refractivity contribution >= 4 is 11.5 Å². The molecule has 0 spiro atoms. The van der Waals surface area contributed by atoms with E-state index in [4.69, 9.17) is 10.5 Å². The zero-order chi connectivity index (χ0) is 21.8. The van der Waals surface area contributed by atoms with Gasteiger partial charge in [0.05, 0.1) is 5.69 Å². The van der Waals surface area contributed by atoms with E-state index in [0.717, 1.165) is 49.4 Å². The summed E-state index contributed by atoms with van der Waals surface area (Å²) in [6.45, 7) is 9.26. The van der Waals surface area contributed by atoms with Crippen molar-refractivity contribution in [1.82, 2.24) is 14.9 Å². The van der Waals surface area contributed by atoms with Crippen LogP contribution in [0.5, 0.6) is 11.6 Å². The summed E-state index contributed by atoms with van der Waals surface area (Å²) in [6, 6.07) is 12.5. The van der Waals surface area contributed by atoms with E-state index in [1.54, 1.807) is 0 Å². The average molecular weight is 418 g/mol. The highest BCUT2D eigenvalue weighted by Crippen LogP contribution is 2.31. The van der Waals surface area contributed by atoms with Crippen LogP contribution in [0.1, 0.15) is 35.1 Å². The number of anilines is 2. The van der Waals surface area contributed by atoms with Gasteiger partial charge in [0.2, 0.25) is 5.88 Å². The first-order valence-corrected chi connectivity index (χ1v) is 10.9. The van der Waals surface area contributed by atoms with Crippen molar-refractivity contribution in [2.45, 2.75) is 46.2 Å². The SMILES string of the molecule is Cc1cc(C)c(Oc2ccc(N)c(NC3CCN(Cc4ccncc4)CC3)n2)c(C)c1. The molecule has 6 heteroatoms. The lowest BCUT2D eigenvalue weighted by molar-refractivity contribution is 0.211. The molecule has 3 N–H and O–H groups in total. The zero-order valence-electron chi connectivity index (χ0n) is 18.6. The van der Waals surface area contributed by atoms with E-state index in [0.29, 0.717) is 23.4 Å². The van der Waals surface area contributed by atoms with Crippen molar-refractivity contribution in [1.29, 1.82) is 0 Å². The number of nitrogen functional groups attached to an aromatic ring is 1. The average Bonchev–Trinajstić information content (AvgIpc) is 2.75. The molecule has 0 radical (unpaired) electrons. The third kappa shape index (κ3) is 5.33. The van der Waals surface area contributed by atoms with E-state index in [1.165, 1.54) is 11.1 Å². The van der Waals surface area contributed by atoms with Crippen LogP contribution < -0.4 is 15.8 Å². The minimum Gasteiger partial charge on any atom is -0.438 e. The predicted molar refractivity (Wildman–Crippen MR) is 126 cm³/mol. The Balaban J connectivity index is 1.38. The van der Waals surface area contributed by atoms with Gasteiger partial charge in [-0.2, -0.15) is 4.98 Å². The van der Waals surface area contributed by atoms with Crippen LogP contribution in [-0.2, 0) is 6.54 Å². The van der Waals surface area contributed by atoms with E-state index in [1.807, 2.05) is 24.5 Å². The molecule has 4 rings (SSSR count). The maximum Gasteiger partial charge on any atom is 0.221 e. The molecule has 31 heavy (non-hydrogen) atoms. The second-order valence-electron chi connectivity index (χ2n) is 8.47. The maximum absolute atomic E-state index is 6.21. The van der Waals surface area contributed by atoms with Crippen LogP contribution in [0, 0.1) is 20.8 Å². The number of nitrogens with two attached hydrogens (primary N) is 1. The fraction of sp³-hybridized carbons (Fsp3) is 0.360. The van der Waals surface area contributed by atoms with Crippen molar-refractivity contribution in [2.75, 3.05) is 24.1 Å². The van der Waals surface area contributed by atoms with Crippen LogP contribution in [0.15, 0.2) is 48.8 Å². The second-order valence-corrected chi connectivity index (χ2v) is 8.47. The number of benzene rings is 1. The Bertz CT molecular complexity index is 1010. The number of hydrogen-bond acceptors (Lipinski definition) is 6. The van der Waals surface area contributed by atoms with Gasteiger partial charge < -0.3 is 15.8 Å². The minimum absolute atomic E-state index is 0.349. The lowest BCUT2D eigenvalue weighted by Crippen LogP contribution is -2.38. The van der Waals surface area contributed by atoms with Crippen LogP contribution in [0.25, 0.3) is 0 Å². The number of aryl methyl sites for hydroxylation is 3. The molecule has 0 unspecified atom stereocenters. The van der Waals surface area contributed by atoms with Gasteiger partial charge in [0.25, 0.3) is 0 Å². The standard InChI is InChI=1S/C25H31N5O/c1-17-14-18(2)24(19(3)15-17)31-23-5-4-22(26)25(29-23)28-21-8-12-30(13-9-21)16-20-6-10-27-11-7-20/h4-7,10-11,14-15,21H,8-9,12-13,16,26H2,1-3H3,(H,28,29). The number of ether oxygens (including phenoxy) is 1. The summed E-state index contributed by atoms with van der Waals surface area (Å²) in [5.74, 6) is 2.12. The molecule has 2 aromatic heterocycles. The van der Waals surface area contributed by atoms with Gasteiger partial charge in [-0.05, 0) is 68.5 Å². The van der Waals surface area contributed by atoms with Gasteiger partial charge in [-0.15, -0.1) is 0 Å². The molecule has 3 aromatic rings. The second kappa shape index (κ2) is 9.35. The smallest absolute Gasteiger partial charge is 0.221 e. The van der Waals surface area contributed by atoms with E-state index in [-0.39, 0.29) is 0 Å². The molecule has 0 atom stereocenters. The molecule has 162 valence electrons. The molecule has 0 bridgehead atoms. The van der Waals surface area contributed by atoms with Gasteiger partial charge in [-0.3, -0.25) is 9.88 Å². The molecule has 1 aliphatic heterocycles. The Labute approximate surface area is 184 Å². The monoisotopic (exact) mass is 417 g/mol. The highest BCUT2D eigenvalue weighted by molar-refractivity contribution is 5.62. The third-order valence-corrected chi connectivity index (χ3v) is 5.80. The molecule has 1 fully saturated rings. The molecule has 0 saturated carbocycles. The summed E-state index contributed by atoms with van der Waals surface area (Å²) in [7, 11) is 0. The number of pyridine rings is 2. The fourth-order valence-corrected chi connectivity index (χ4v) is 4.23. The highest BCUT2D eigenvalue weighted by atomic mass is 16.5. The number of nitrogens with zero attached hydrogens (tertiary/aromatic N) is 3. The summed E-state index contributed by atoms with van der Waals surface area (Å²) in [5, 5.41) is 3.55. The largest absolute Gasteiger partial charge is 0.438 e. The Hall–Kier alpha value is -3.12. The van der Waals surface area contributed by atoms with Gasteiger partial charge in [0.15, 0.2) is 5.82 Å². The van der Waals surface area contributed by atoms with E-state index in [2.05, 4.69) is 65.2 Å². The molecule has 3 heterocycles. The van der Waals surface area contributed by atoms with Crippen molar-refractivity contribution < 1.29 is 4.74 Å². The summed E-state index contributed by atoms with van der Waals surface area (Å²) in [4.78, 5) is 11.2. The van der Waals surface area contributed by atoms with Gasteiger partial charge in [-0.1, -0.05) is 17.7 Å². The third-order valence-electron chi connectivity index (χ3n) is 5.80. The highest BCUT2D eigenvalue weighted by Gasteiger charge is 2.20. The molecule has 0 amide bonds. The number of rotatable bonds is 6. The lowest BCUT2D eigenvalue weighted by atomic mass is 10.0. The normalized spacial score (nSPS) is 15.1. The minimum atomic E-state index is 0.349. The predicted octanol–water partition coefficient (Wildman–Crippen LogP) is 4.85. The van der Waals surface area contributed by atoms with Crippen molar-refractivity contribution in [3.8, 4) is 11.6 Å². The first-order chi connectivity index (χ1) is 15.0. The van der Waals surface area contributed by atoms with Gasteiger partial charge in [0.1, 0.15) is 5.75 Å². The number of likely N-dealkylation sites (tertiary alicyclic amines) is 1. The Morgan fingerprint density at radius 1 is 1.03 bits per heavy atom. The summed E-state index contributed by atoms with van der Waals surface area (Å²) in [6.07, 6.45) is 5.81. The van der Waals surface area contributed by atoms with E-state index < -0.39 is 0 Å². The van der Waals surface area contributed by atoms with Crippen LogP contribution in [-0.4, -0.2) is 34.0 Å². The van der Waals surface area contributed by atoms with Crippen molar-refractivity contribution in [2.24, 2.45) is 0 Å². The molecule has 6 nitrogen and oxygen atoms in total. The van der Waals surface area contributed by atoms with Crippen LogP contribution >= 0.6 is 0 Å². The first kappa shape index (κ1) is 21.1. The summed E-state index contributed by atoms with van der Waals surface area (Å²) < 4.78 is 6.14. The van der Waals surface area contributed by atoms with Crippen LogP contribution in [0.2, 0.25) is 0 Å². The molecule has 1 aromatic carbocycles.